The van der Waals surface area contributed by atoms with Crippen LogP contribution < -0.4 is 10.2 Å². The van der Waals surface area contributed by atoms with Gasteiger partial charge in [0.1, 0.15) is 5.82 Å². The zero-order valence-corrected chi connectivity index (χ0v) is 13.2. The Labute approximate surface area is 122 Å². The van der Waals surface area contributed by atoms with E-state index in [1.165, 1.54) is 62.3 Å². The molecule has 0 spiro atoms. The predicted octanol–water partition coefficient (Wildman–Crippen LogP) is 2.61. The monoisotopic (exact) mass is 276 g/mol. The van der Waals surface area contributed by atoms with Crippen LogP contribution in [0, 0.1) is 12.8 Å². The molecule has 1 aromatic rings. The average Bonchev–Trinajstić information content (AvgIpc) is 3.22. The molecule has 4 heteroatoms. The summed E-state index contributed by atoms with van der Waals surface area (Å²) >= 11 is 0. The van der Waals surface area contributed by atoms with Crippen LogP contribution in [-0.4, -0.2) is 28.9 Å². The summed E-state index contributed by atoms with van der Waals surface area (Å²) in [4.78, 5) is 2.57. The summed E-state index contributed by atoms with van der Waals surface area (Å²) in [7, 11) is 2.10. The molecule has 2 fully saturated rings. The van der Waals surface area contributed by atoms with Crippen molar-refractivity contribution in [3.8, 4) is 0 Å². The van der Waals surface area contributed by atoms with E-state index in [0.717, 1.165) is 18.5 Å². The van der Waals surface area contributed by atoms with Crippen molar-refractivity contribution in [1.29, 1.82) is 0 Å². The molecule has 0 aromatic carbocycles. The molecule has 0 amide bonds. The molecule has 2 aliphatic rings. The van der Waals surface area contributed by atoms with Gasteiger partial charge in [-0.1, -0.05) is 13.3 Å². The second-order valence-corrected chi connectivity index (χ2v) is 6.53. The lowest BCUT2D eigenvalue weighted by molar-refractivity contribution is 0.399. The number of hydrogen-bond acceptors (Lipinski definition) is 3. The van der Waals surface area contributed by atoms with Crippen molar-refractivity contribution in [2.24, 2.45) is 13.0 Å². The smallest absolute Gasteiger partial charge is 0.131 e. The van der Waals surface area contributed by atoms with Crippen molar-refractivity contribution in [3.63, 3.8) is 0 Å². The van der Waals surface area contributed by atoms with Crippen LogP contribution in [0.3, 0.4) is 0 Å². The minimum absolute atomic E-state index is 0.757. The average molecular weight is 276 g/mol. The summed E-state index contributed by atoms with van der Waals surface area (Å²) in [6, 6.07) is 0.757. The maximum Gasteiger partial charge on any atom is 0.131 e. The zero-order chi connectivity index (χ0) is 14.1. The Hall–Kier alpha value is -1.03. The van der Waals surface area contributed by atoms with Crippen LogP contribution in [0.1, 0.15) is 50.3 Å². The Morgan fingerprint density at radius 3 is 2.80 bits per heavy atom. The molecule has 4 nitrogen and oxygen atoms in total. The predicted molar refractivity (Wildman–Crippen MR) is 83.0 cm³/mol. The number of piperidine rings is 1. The van der Waals surface area contributed by atoms with E-state index in [2.05, 4.69) is 40.9 Å². The number of aryl methyl sites for hydroxylation is 2. The molecule has 0 bridgehead atoms. The fourth-order valence-corrected chi connectivity index (χ4v) is 3.42. The van der Waals surface area contributed by atoms with Crippen molar-refractivity contribution >= 4 is 5.82 Å². The maximum atomic E-state index is 4.67. The molecule has 1 N–H and O–H groups in total. The summed E-state index contributed by atoms with van der Waals surface area (Å²) in [5, 5.41) is 8.32. The Balaban J connectivity index is 1.79. The first-order valence-corrected chi connectivity index (χ1v) is 8.19. The van der Waals surface area contributed by atoms with Gasteiger partial charge < -0.3 is 10.2 Å². The van der Waals surface area contributed by atoms with E-state index in [-0.39, 0.29) is 0 Å². The lowest BCUT2D eigenvalue weighted by Gasteiger charge is -2.34. The number of nitrogens with zero attached hydrogens (tertiary/aromatic N) is 3. The normalized spacial score (nSPS) is 23.4. The summed E-state index contributed by atoms with van der Waals surface area (Å²) in [5.74, 6) is 2.21. The van der Waals surface area contributed by atoms with E-state index in [1.807, 2.05) is 0 Å². The molecule has 20 heavy (non-hydrogen) atoms. The van der Waals surface area contributed by atoms with Crippen LogP contribution in [0.25, 0.3) is 0 Å². The first kappa shape index (κ1) is 13.9. The van der Waals surface area contributed by atoms with Gasteiger partial charge in [0.25, 0.3) is 0 Å². The van der Waals surface area contributed by atoms with Crippen molar-refractivity contribution in [1.82, 2.24) is 15.1 Å². The van der Waals surface area contributed by atoms with E-state index in [4.69, 9.17) is 0 Å². The highest BCUT2D eigenvalue weighted by Gasteiger charge is 2.26. The lowest BCUT2D eigenvalue weighted by Crippen LogP contribution is -2.37. The Morgan fingerprint density at radius 1 is 1.30 bits per heavy atom. The van der Waals surface area contributed by atoms with Gasteiger partial charge in [-0.3, -0.25) is 4.68 Å². The molecular weight excluding hydrogens is 248 g/mol. The molecule has 1 saturated heterocycles. The van der Waals surface area contributed by atoms with Gasteiger partial charge in [-0.15, -0.1) is 0 Å². The standard InChI is InChI=1S/C16H28N4/c1-4-13-6-5-9-20(11-13)16-15(10-17-14-7-8-14)12(2)18-19(16)3/h13-14,17H,4-11H2,1-3H3. The summed E-state index contributed by atoms with van der Waals surface area (Å²) in [6.07, 6.45) is 6.69. The van der Waals surface area contributed by atoms with Crippen LogP contribution in [-0.2, 0) is 13.6 Å². The molecular formula is C16H28N4. The molecule has 1 unspecified atom stereocenters. The Morgan fingerprint density at radius 2 is 2.10 bits per heavy atom. The third-order valence-electron chi connectivity index (χ3n) is 4.85. The number of aromatic nitrogens is 2. The second-order valence-electron chi connectivity index (χ2n) is 6.53. The molecule has 1 aliphatic carbocycles. The van der Waals surface area contributed by atoms with E-state index >= 15 is 0 Å². The lowest BCUT2D eigenvalue weighted by atomic mass is 9.95. The van der Waals surface area contributed by atoms with Crippen LogP contribution in [0.4, 0.5) is 5.82 Å². The van der Waals surface area contributed by atoms with Gasteiger partial charge in [0.15, 0.2) is 0 Å². The molecule has 2 heterocycles. The second kappa shape index (κ2) is 5.76. The topological polar surface area (TPSA) is 33.1 Å². The summed E-state index contributed by atoms with van der Waals surface area (Å²) in [5.41, 5.74) is 2.60. The Kier molecular flexibility index (Phi) is 4.01. The molecule has 1 aliphatic heterocycles. The van der Waals surface area contributed by atoms with E-state index in [9.17, 15) is 0 Å². The van der Waals surface area contributed by atoms with Crippen molar-refractivity contribution in [2.75, 3.05) is 18.0 Å². The minimum Gasteiger partial charge on any atom is -0.356 e. The molecule has 1 saturated carbocycles. The largest absolute Gasteiger partial charge is 0.356 e. The highest BCUT2D eigenvalue weighted by Crippen LogP contribution is 2.30. The highest BCUT2D eigenvalue weighted by molar-refractivity contribution is 5.50. The van der Waals surface area contributed by atoms with Gasteiger partial charge in [-0.05, 0) is 38.5 Å². The quantitative estimate of drug-likeness (QED) is 0.897. The third kappa shape index (κ3) is 2.85. The zero-order valence-electron chi connectivity index (χ0n) is 13.2. The maximum absolute atomic E-state index is 4.67. The number of anilines is 1. The van der Waals surface area contributed by atoms with E-state index in [0.29, 0.717) is 0 Å². The SMILES string of the molecule is CCC1CCCN(c2c(CNC3CC3)c(C)nn2C)C1. The number of hydrogen-bond donors (Lipinski definition) is 1. The molecule has 1 aromatic heterocycles. The van der Waals surface area contributed by atoms with Gasteiger partial charge in [0.2, 0.25) is 0 Å². The highest BCUT2D eigenvalue weighted by atomic mass is 15.4. The van der Waals surface area contributed by atoms with Crippen molar-refractivity contribution in [3.05, 3.63) is 11.3 Å². The van der Waals surface area contributed by atoms with Gasteiger partial charge >= 0.3 is 0 Å². The first-order chi connectivity index (χ1) is 9.69. The van der Waals surface area contributed by atoms with Crippen LogP contribution in [0.2, 0.25) is 0 Å². The van der Waals surface area contributed by atoms with E-state index in [1.54, 1.807) is 0 Å². The third-order valence-corrected chi connectivity index (χ3v) is 4.85. The van der Waals surface area contributed by atoms with Crippen LogP contribution >= 0.6 is 0 Å². The molecule has 3 rings (SSSR count). The fraction of sp³-hybridized carbons (Fsp3) is 0.812. The molecule has 1 atom stereocenters. The van der Waals surface area contributed by atoms with Gasteiger partial charge in [-0.25, -0.2) is 0 Å². The van der Waals surface area contributed by atoms with Crippen molar-refractivity contribution < 1.29 is 0 Å². The van der Waals surface area contributed by atoms with Crippen LogP contribution in [0.15, 0.2) is 0 Å². The van der Waals surface area contributed by atoms with Gasteiger partial charge in [0.05, 0.1) is 5.69 Å². The van der Waals surface area contributed by atoms with Gasteiger partial charge in [0, 0.05) is 38.3 Å². The number of nitrogens with one attached hydrogen (secondary N) is 1. The summed E-state index contributed by atoms with van der Waals surface area (Å²) < 4.78 is 2.09. The molecule has 0 radical (unpaired) electrons. The molecule has 112 valence electrons. The first-order valence-electron chi connectivity index (χ1n) is 8.19. The summed E-state index contributed by atoms with van der Waals surface area (Å²) in [6.45, 7) is 7.83. The minimum atomic E-state index is 0.757. The van der Waals surface area contributed by atoms with Crippen molar-refractivity contribution in [2.45, 2.75) is 58.5 Å². The number of rotatable bonds is 5. The fourth-order valence-electron chi connectivity index (χ4n) is 3.42. The van der Waals surface area contributed by atoms with Crippen LogP contribution in [0.5, 0.6) is 0 Å². The van der Waals surface area contributed by atoms with E-state index < -0.39 is 0 Å². The Bertz CT molecular complexity index is 461. The van der Waals surface area contributed by atoms with Gasteiger partial charge in [-0.2, -0.15) is 5.10 Å².